The van der Waals surface area contributed by atoms with Crippen molar-refractivity contribution in [1.82, 2.24) is 5.32 Å². The Hall–Kier alpha value is -1.21. The SMILES string of the molecule is CC(=O)c1ccc(CNC(=O)CS(C)(=O)=O)c(Br)c1. The van der Waals surface area contributed by atoms with Gasteiger partial charge in [-0.05, 0) is 18.6 Å². The van der Waals surface area contributed by atoms with Crippen molar-refractivity contribution >= 4 is 37.5 Å². The number of amides is 1. The summed E-state index contributed by atoms with van der Waals surface area (Å²) in [6.45, 7) is 1.67. The summed E-state index contributed by atoms with van der Waals surface area (Å²) in [4.78, 5) is 22.5. The molecule has 0 saturated heterocycles. The van der Waals surface area contributed by atoms with Crippen molar-refractivity contribution in [2.24, 2.45) is 0 Å². The Morgan fingerprint density at radius 1 is 1.32 bits per heavy atom. The molecule has 1 rings (SSSR count). The van der Waals surface area contributed by atoms with E-state index in [0.717, 1.165) is 11.8 Å². The van der Waals surface area contributed by atoms with Crippen molar-refractivity contribution in [3.05, 3.63) is 33.8 Å². The van der Waals surface area contributed by atoms with Crippen molar-refractivity contribution in [3.8, 4) is 0 Å². The standard InChI is InChI=1S/C12H14BrNO4S/c1-8(15)9-3-4-10(11(13)5-9)6-14-12(16)7-19(2,17)18/h3-5H,6-7H2,1-2H3,(H,14,16). The first-order chi connectivity index (χ1) is 8.69. The molecule has 0 radical (unpaired) electrons. The Morgan fingerprint density at radius 3 is 2.42 bits per heavy atom. The number of hydrogen-bond acceptors (Lipinski definition) is 4. The van der Waals surface area contributed by atoms with E-state index in [0.29, 0.717) is 10.0 Å². The van der Waals surface area contributed by atoms with Gasteiger partial charge in [-0.3, -0.25) is 9.59 Å². The molecule has 0 unspecified atom stereocenters. The molecule has 1 aromatic carbocycles. The summed E-state index contributed by atoms with van der Waals surface area (Å²) in [6, 6.07) is 5.03. The van der Waals surface area contributed by atoms with Crippen LogP contribution in [0, 0.1) is 0 Å². The second-order valence-corrected chi connectivity index (χ2v) is 7.20. The number of benzene rings is 1. The van der Waals surface area contributed by atoms with Gasteiger partial charge in [0.05, 0.1) is 0 Å². The maximum atomic E-state index is 11.4. The van der Waals surface area contributed by atoms with E-state index in [1.54, 1.807) is 18.2 Å². The highest BCUT2D eigenvalue weighted by atomic mass is 79.9. The molecule has 0 saturated carbocycles. The third-order valence-corrected chi connectivity index (χ3v) is 3.85. The van der Waals surface area contributed by atoms with Crippen LogP contribution in [0.2, 0.25) is 0 Å². The zero-order valence-electron chi connectivity index (χ0n) is 10.6. The monoisotopic (exact) mass is 347 g/mol. The van der Waals surface area contributed by atoms with E-state index < -0.39 is 21.5 Å². The molecule has 0 heterocycles. The molecule has 0 aliphatic heterocycles. The number of carbonyl (C=O) groups is 2. The van der Waals surface area contributed by atoms with Crippen molar-refractivity contribution in [2.75, 3.05) is 12.0 Å². The highest BCUT2D eigenvalue weighted by Crippen LogP contribution is 2.18. The highest BCUT2D eigenvalue weighted by Gasteiger charge is 2.11. The molecule has 19 heavy (non-hydrogen) atoms. The van der Waals surface area contributed by atoms with Crippen molar-refractivity contribution in [2.45, 2.75) is 13.5 Å². The molecule has 5 nitrogen and oxygen atoms in total. The molecule has 1 N–H and O–H groups in total. The van der Waals surface area contributed by atoms with Gasteiger partial charge in [-0.2, -0.15) is 0 Å². The van der Waals surface area contributed by atoms with Gasteiger partial charge in [0, 0.05) is 22.8 Å². The fourth-order valence-electron chi connectivity index (χ4n) is 1.39. The van der Waals surface area contributed by atoms with Crippen LogP contribution in [0.1, 0.15) is 22.8 Å². The van der Waals surface area contributed by atoms with E-state index >= 15 is 0 Å². The molecule has 0 atom stereocenters. The van der Waals surface area contributed by atoms with Gasteiger partial charge in [0.15, 0.2) is 15.6 Å². The number of carbonyl (C=O) groups excluding carboxylic acids is 2. The van der Waals surface area contributed by atoms with E-state index in [2.05, 4.69) is 21.2 Å². The van der Waals surface area contributed by atoms with Crippen molar-refractivity contribution in [1.29, 1.82) is 0 Å². The van der Waals surface area contributed by atoms with Gasteiger partial charge in [0.1, 0.15) is 5.75 Å². The third-order valence-electron chi connectivity index (χ3n) is 2.33. The number of halogens is 1. The Bertz CT molecular complexity index is 610. The number of ketones is 1. The topological polar surface area (TPSA) is 80.3 Å². The highest BCUT2D eigenvalue weighted by molar-refractivity contribution is 9.10. The number of nitrogens with one attached hydrogen (secondary N) is 1. The summed E-state index contributed by atoms with van der Waals surface area (Å²) in [7, 11) is -3.32. The maximum Gasteiger partial charge on any atom is 0.235 e. The third kappa shape index (κ3) is 5.52. The number of hydrogen-bond donors (Lipinski definition) is 1. The van der Waals surface area contributed by atoms with Crippen LogP contribution in [0.5, 0.6) is 0 Å². The normalized spacial score (nSPS) is 11.1. The van der Waals surface area contributed by atoms with Crippen LogP contribution >= 0.6 is 15.9 Å². The van der Waals surface area contributed by atoms with Gasteiger partial charge in [-0.15, -0.1) is 0 Å². The molecule has 0 aromatic heterocycles. The molecular formula is C12H14BrNO4S. The van der Waals surface area contributed by atoms with E-state index in [1.165, 1.54) is 6.92 Å². The number of rotatable bonds is 5. The van der Waals surface area contributed by atoms with E-state index in [9.17, 15) is 18.0 Å². The largest absolute Gasteiger partial charge is 0.351 e. The van der Waals surface area contributed by atoms with Crippen LogP contribution in [-0.4, -0.2) is 32.1 Å². The van der Waals surface area contributed by atoms with Crippen LogP contribution in [0.25, 0.3) is 0 Å². The molecule has 0 aliphatic carbocycles. The molecule has 1 aromatic rings. The fraction of sp³-hybridized carbons (Fsp3) is 0.333. The van der Waals surface area contributed by atoms with Crippen LogP contribution in [-0.2, 0) is 21.2 Å². The van der Waals surface area contributed by atoms with Crippen LogP contribution in [0.3, 0.4) is 0 Å². The molecule has 0 fully saturated rings. The van der Waals surface area contributed by atoms with Gasteiger partial charge in [-0.25, -0.2) is 8.42 Å². The zero-order chi connectivity index (χ0) is 14.6. The molecule has 0 aliphatic rings. The fourth-order valence-corrected chi connectivity index (χ4v) is 2.49. The first kappa shape index (κ1) is 15.8. The van der Waals surface area contributed by atoms with Gasteiger partial charge in [0.25, 0.3) is 0 Å². The van der Waals surface area contributed by atoms with E-state index in [-0.39, 0.29) is 12.3 Å². The smallest absolute Gasteiger partial charge is 0.235 e. The van der Waals surface area contributed by atoms with Crippen molar-refractivity contribution < 1.29 is 18.0 Å². The molecule has 1 amide bonds. The van der Waals surface area contributed by atoms with Gasteiger partial charge in [-0.1, -0.05) is 28.1 Å². The first-order valence-electron chi connectivity index (χ1n) is 5.43. The average molecular weight is 348 g/mol. The average Bonchev–Trinajstić information content (AvgIpc) is 2.24. The van der Waals surface area contributed by atoms with Gasteiger partial charge < -0.3 is 5.32 Å². The zero-order valence-corrected chi connectivity index (χ0v) is 13.0. The molecule has 0 bridgehead atoms. The lowest BCUT2D eigenvalue weighted by atomic mass is 10.1. The lowest BCUT2D eigenvalue weighted by molar-refractivity contribution is -0.118. The minimum Gasteiger partial charge on any atom is -0.351 e. The van der Waals surface area contributed by atoms with Crippen LogP contribution < -0.4 is 5.32 Å². The molecule has 7 heteroatoms. The van der Waals surface area contributed by atoms with Gasteiger partial charge in [0.2, 0.25) is 5.91 Å². The number of sulfone groups is 1. The minimum atomic E-state index is -3.32. The predicted octanol–water partition coefficient (Wildman–Crippen LogP) is 1.31. The molecule has 104 valence electrons. The Kier molecular flexibility index (Phi) is 5.25. The summed E-state index contributed by atoms with van der Waals surface area (Å²) < 4.78 is 22.6. The predicted molar refractivity (Wildman–Crippen MR) is 75.7 cm³/mol. The Morgan fingerprint density at radius 2 is 1.95 bits per heavy atom. The summed E-state index contributed by atoms with van der Waals surface area (Å²) in [6.07, 6.45) is 1.00. The van der Waals surface area contributed by atoms with Crippen molar-refractivity contribution in [3.63, 3.8) is 0 Å². The van der Waals surface area contributed by atoms with Crippen LogP contribution in [0.4, 0.5) is 0 Å². The quantitative estimate of drug-likeness (QED) is 0.814. The summed E-state index contributed by atoms with van der Waals surface area (Å²) in [5.74, 6) is -1.13. The number of Topliss-reactive ketones (excluding diaryl/α,β-unsaturated/α-hetero) is 1. The minimum absolute atomic E-state index is 0.0478. The van der Waals surface area contributed by atoms with E-state index in [4.69, 9.17) is 0 Å². The summed E-state index contributed by atoms with van der Waals surface area (Å²) in [5, 5.41) is 2.51. The molecular weight excluding hydrogens is 334 g/mol. The summed E-state index contributed by atoms with van der Waals surface area (Å²) in [5.41, 5.74) is 1.34. The van der Waals surface area contributed by atoms with E-state index in [1.807, 2.05) is 0 Å². The maximum absolute atomic E-state index is 11.4. The lowest BCUT2D eigenvalue weighted by Crippen LogP contribution is -2.29. The van der Waals surface area contributed by atoms with Gasteiger partial charge >= 0.3 is 0 Å². The lowest BCUT2D eigenvalue weighted by Gasteiger charge is -2.07. The Balaban J connectivity index is 2.69. The second kappa shape index (κ2) is 6.29. The first-order valence-corrected chi connectivity index (χ1v) is 8.28. The van der Waals surface area contributed by atoms with Crippen LogP contribution in [0.15, 0.2) is 22.7 Å². The second-order valence-electron chi connectivity index (χ2n) is 4.21. The Labute approximate surface area is 120 Å². The summed E-state index contributed by atoms with van der Waals surface area (Å²) >= 11 is 3.31. The molecule has 0 spiro atoms.